The Kier molecular flexibility index (Phi) is 3.90. The molecule has 3 aromatic rings. The van der Waals surface area contributed by atoms with Gasteiger partial charge in [0.15, 0.2) is 0 Å². The number of hydrogen-bond acceptors (Lipinski definition) is 3. The number of para-hydroxylation sites is 1. The second kappa shape index (κ2) is 6.19. The number of benzene rings is 2. The lowest BCUT2D eigenvalue weighted by Crippen LogP contribution is -2.17. The lowest BCUT2D eigenvalue weighted by molar-refractivity contribution is 0.722. The van der Waals surface area contributed by atoms with E-state index in [9.17, 15) is 0 Å². The Morgan fingerprint density at radius 3 is 2.61 bits per heavy atom. The Balaban J connectivity index is 1.75. The monoisotopic (exact) mass is 338 g/mol. The maximum Gasteiger partial charge on any atom is 0.0923 e. The van der Waals surface area contributed by atoms with E-state index in [-0.39, 0.29) is 6.04 Å². The van der Waals surface area contributed by atoms with Crippen LogP contribution in [0.1, 0.15) is 22.9 Å². The zero-order valence-electron chi connectivity index (χ0n) is 12.4. The molecule has 2 nitrogen and oxygen atoms in total. The minimum absolute atomic E-state index is 0.242. The van der Waals surface area contributed by atoms with E-state index < -0.39 is 0 Å². The summed E-state index contributed by atoms with van der Waals surface area (Å²) in [6.45, 7) is 0. The maximum atomic E-state index is 6.15. The second-order valence-corrected chi connectivity index (χ2v) is 6.89. The molecule has 0 amide bonds. The summed E-state index contributed by atoms with van der Waals surface area (Å²) in [4.78, 5) is 1.33. The SMILES string of the molecule is Clc1cccc(C2=NN(c3ccccc3)C(c3cccs3)C2)c1. The van der Waals surface area contributed by atoms with Crippen molar-refractivity contribution in [2.45, 2.75) is 12.5 Å². The van der Waals surface area contributed by atoms with E-state index >= 15 is 0 Å². The van der Waals surface area contributed by atoms with Crippen molar-refractivity contribution in [1.29, 1.82) is 0 Å². The average Bonchev–Trinajstić information content (AvgIpc) is 3.25. The third kappa shape index (κ3) is 2.90. The molecule has 0 fully saturated rings. The van der Waals surface area contributed by atoms with Gasteiger partial charge in [-0.2, -0.15) is 5.10 Å². The van der Waals surface area contributed by atoms with Gasteiger partial charge in [0.25, 0.3) is 0 Å². The third-order valence-electron chi connectivity index (χ3n) is 3.96. The van der Waals surface area contributed by atoms with Crippen molar-refractivity contribution in [3.8, 4) is 0 Å². The van der Waals surface area contributed by atoms with Crippen LogP contribution in [0.5, 0.6) is 0 Å². The average molecular weight is 339 g/mol. The topological polar surface area (TPSA) is 15.6 Å². The maximum absolute atomic E-state index is 6.15. The molecule has 0 spiro atoms. The smallest absolute Gasteiger partial charge is 0.0923 e. The predicted molar refractivity (Wildman–Crippen MR) is 98.6 cm³/mol. The molecule has 1 aliphatic heterocycles. The lowest BCUT2D eigenvalue weighted by atomic mass is 10.0. The van der Waals surface area contributed by atoms with Gasteiger partial charge in [-0.15, -0.1) is 11.3 Å². The standard InChI is InChI=1S/C19H15ClN2S/c20-15-7-4-6-14(12-15)17-13-18(19-10-5-11-23-19)22(21-17)16-8-2-1-3-9-16/h1-12,18H,13H2. The van der Waals surface area contributed by atoms with Gasteiger partial charge in [-0.3, -0.25) is 5.01 Å². The number of anilines is 1. The van der Waals surface area contributed by atoms with E-state index in [0.29, 0.717) is 0 Å². The zero-order chi connectivity index (χ0) is 15.6. The lowest BCUT2D eigenvalue weighted by Gasteiger charge is -2.22. The molecule has 0 radical (unpaired) electrons. The normalized spacial score (nSPS) is 17.3. The van der Waals surface area contributed by atoms with Gasteiger partial charge in [0.05, 0.1) is 17.4 Å². The van der Waals surface area contributed by atoms with Gasteiger partial charge in [-0.05, 0) is 41.3 Å². The first-order valence-corrected chi connectivity index (χ1v) is 8.78. The highest BCUT2D eigenvalue weighted by atomic mass is 35.5. The molecule has 0 N–H and O–H groups in total. The number of thiophene rings is 1. The minimum Gasteiger partial charge on any atom is -0.257 e. The number of rotatable bonds is 3. The molecule has 0 saturated heterocycles. The molecule has 1 unspecified atom stereocenters. The van der Waals surface area contributed by atoms with E-state index in [4.69, 9.17) is 16.7 Å². The highest BCUT2D eigenvalue weighted by Crippen LogP contribution is 2.38. The summed E-state index contributed by atoms with van der Waals surface area (Å²) >= 11 is 7.92. The fourth-order valence-electron chi connectivity index (χ4n) is 2.87. The van der Waals surface area contributed by atoms with Gasteiger partial charge in [0.2, 0.25) is 0 Å². The molecule has 23 heavy (non-hydrogen) atoms. The van der Waals surface area contributed by atoms with Crippen molar-refractivity contribution >= 4 is 34.3 Å². The van der Waals surface area contributed by atoms with E-state index in [2.05, 4.69) is 40.7 Å². The van der Waals surface area contributed by atoms with Crippen LogP contribution in [0.25, 0.3) is 0 Å². The molecule has 1 aliphatic rings. The summed E-state index contributed by atoms with van der Waals surface area (Å²) < 4.78 is 0. The molecule has 114 valence electrons. The molecule has 4 rings (SSSR count). The van der Waals surface area contributed by atoms with Crippen LogP contribution in [0.4, 0.5) is 5.69 Å². The van der Waals surface area contributed by atoms with Crippen molar-refractivity contribution in [3.05, 3.63) is 87.6 Å². The minimum atomic E-state index is 0.242. The van der Waals surface area contributed by atoms with Gasteiger partial charge >= 0.3 is 0 Å². The summed E-state index contributed by atoms with van der Waals surface area (Å²) in [6.07, 6.45) is 0.885. The number of hydrazone groups is 1. The van der Waals surface area contributed by atoms with Crippen molar-refractivity contribution < 1.29 is 0 Å². The van der Waals surface area contributed by atoms with Crippen LogP contribution in [0.3, 0.4) is 0 Å². The first-order valence-electron chi connectivity index (χ1n) is 7.52. The largest absolute Gasteiger partial charge is 0.257 e. The van der Waals surface area contributed by atoms with Crippen LogP contribution in [0.15, 0.2) is 77.2 Å². The summed E-state index contributed by atoms with van der Waals surface area (Å²) in [5.41, 5.74) is 3.29. The number of halogens is 1. The molecular weight excluding hydrogens is 324 g/mol. The van der Waals surface area contributed by atoms with Gasteiger partial charge < -0.3 is 0 Å². The van der Waals surface area contributed by atoms with E-state index in [1.54, 1.807) is 11.3 Å². The van der Waals surface area contributed by atoms with Crippen LogP contribution in [-0.2, 0) is 0 Å². The summed E-state index contributed by atoms with van der Waals surface area (Å²) in [6, 6.07) is 22.8. The number of hydrogen-bond donors (Lipinski definition) is 0. The molecule has 0 bridgehead atoms. The van der Waals surface area contributed by atoms with E-state index in [0.717, 1.165) is 28.4 Å². The molecular formula is C19H15ClN2S. The summed E-state index contributed by atoms with van der Waals surface area (Å²) in [7, 11) is 0. The summed E-state index contributed by atoms with van der Waals surface area (Å²) in [5.74, 6) is 0. The molecule has 1 aromatic heterocycles. The summed E-state index contributed by atoms with van der Waals surface area (Å²) in [5, 5.41) is 9.90. The zero-order valence-corrected chi connectivity index (χ0v) is 14.0. The Bertz CT molecular complexity index is 828. The van der Waals surface area contributed by atoms with Crippen LogP contribution in [-0.4, -0.2) is 5.71 Å². The molecule has 0 aliphatic carbocycles. The first-order chi connectivity index (χ1) is 11.3. The Morgan fingerprint density at radius 1 is 1.00 bits per heavy atom. The van der Waals surface area contributed by atoms with Gasteiger partial charge in [-0.1, -0.05) is 48.0 Å². The van der Waals surface area contributed by atoms with Gasteiger partial charge in [0, 0.05) is 16.3 Å². The molecule has 0 saturated carbocycles. The van der Waals surface area contributed by atoms with Crippen molar-refractivity contribution in [2.75, 3.05) is 5.01 Å². The van der Waals surface area contributed by atoms with Crippen LogP contribution in [0, 0.1) is 0 Å². The van der Waals surface area contributed by atoms with E-state index in [1.165, 1.54) is 4.88 Å². The number of nitrogens with zero attached hydrogens (tertiary/aromatic N) is 2. The fourth-order valence-corrected chi connectivity index (χ4v) is 3.88. The second-order valence-electron chi connectivity index (χ2n) is 5.47. The van der Waals surface area contributed by atoms with Crippen molar-refractivity contribution in [2.24, 2.45) is 5.10 Å². The van der Waals surface area contributed by atoms with Crippen LogP contribution in [0.2, 0.25) is 5.02 Å². The molecule has 2 heterocycles. The van der Waals surface area contributed by atoms with Crippen molar-refractivity contribution in [3.63, 3.8) is 0 Å². The van der Waals surface area contributed by atoms with Gasteiger partial charge in [-0.25, -0.2) is 0 Å². The quantitative estimate of drug-likeness (QED) is 0.593. The Morgan fingerprint density at radius 2 is 1.87 bits per heavy atom. The predicted octanol–water partition coefficient (Wildman–Crippen LogP) is 5.76. The third-order valence-corrected chi connectivity index (χ3v) is 5.17. The molecule has 4 heteroatoms. The van der Waals surface area contributed by atoms with Gasteiger partial charge in [0.1, 0.15) is 0 Å². The van der Waals surface area contributed by atoms with Crippen LogP contribution < -0.4 is 5.01 Å². The Hall–Kier alpha value is -2.10. The Labute approximate surface area is 144 Å². The van der Waals surface area contributed by atoms with Crippen molar-refractivity contribution in [1.82, 2.24) is 0 Å². The highest BCUT2D eigenvalue weighted by molar-refractivity contribution is 7.10. The highest BCUT2D eigenvalue weighted by Gasteiger charge is 2.30. The van der Waals surface area contributed by atoms with Crippen LogP contribution >= 0.6 is 22.9 Å². The molecule has 2 aromatic carbocycles. The fraction of sp³-hybridized carbons (Fsp3) is 0.105. The molecule has 1 atom stereocenters. The van der Waals surface area contributed by atoms with E-state index in [1.807, 2.05) is 36.4 Å². The first kappa shape index (κ1) is 14.5.